The smallest absolute Gasteiger partial charge is 0.278 e. The molecule has 0 spiro atoms. The second-order valence-corrected chi connectivity index (χ2v) is 6.69. The number of aliphatic hydroxyl groups is 1. The Morgan fingerprint density at radius 3 is 2.82 bits per heavy atom. The first-order valence-electron chi connectivity index (χ1n) is 8.58. The summed E-state index contributed by atoms with van der Waals surface area (Å²) in [7, 11) is 1.71. The SMILES string of the molecule is CNc1nn(CCOCCO)c2c(=O)[nH]c(NCc3ccc(Cl)c(Cl)c3)nc12. The predicted molar refractivity (Wildman–Crippen MR) is 109 cm³/mol. The van der Waals surface area contributed by atoms with E-state index in [1.165, 1.54) is 4.68 Å². The zero-order valence-electron chi connectivity index (χ0n) is 15.1. The Balaban J connectivity index is 1.83. The molecule has 0 fully saturated rings. The Morgan fingerprint density at radius 1 is 1.29 bits per heavy atom. The zero-order valence-corrected chi connectivity index (χ0v) is 16.6. The minimum absolute atomic E-state index is 0.0579. The lowest BCUT2D eigenvalue weighted by Crippen LogP contribution is -2.17. The molecule has 1 aromatic carbocycles. The molecule has 9 nitrogen and oxygen atoms in total. The number of H-pyrrole nitrogens is 1. The van der Waals surface area contributed by atoms with Gasteiger partial charge in [0.15, 0.2) is 11.3 Å². The second-order valence-electron chi connectivity index (χ2n) is 5.87. The van der Waals surface area contributed by atoms with Crippen LogP contribution in [-0.2, 0) is 17.8 Å². The third-order valence-electron chi connectivity index (χ3n) is 3.96. The molecular formula is C17H20Cl2N6O3. The fraction of sp³-hybridized carbons (Fsp3) is 0.353. The van der Waals surface area contributed by atoms with Crippen molar-refractivity contribution < 1.29 is 9.84 Å². The van der Waals surface area contributed by atoms with Crippen molar-refractivity contribution >= 4 is 46.0 Å². The maximum absolute atomic E-state index is 12.6. The van der Waals surface area contributed by atoms with E-state index in [9.17, 15) is 4.79 Å². The van der Waals surface area contributed by atoms with Crippen LogP contribution < -0.4 is 16.2 Å². The van der Waals surface area contributed by atoms with E-state index in [0.717, 1.165) is 5.56 Å². The molecule has 3 aromatic rings. The Kier molecular flexibility index (Phi) is 6.74. The Hall–Kier alpha value is -2.33. The van der Waals surface area contributed by atoms with Crippen LogP contribution in [0.3, 0.4) is 0 Å². The summed E-state index contributed by atoms with van der Waals surface area (Å²) in [5.41, 5.74) is 1.36. The molecule has 0 radical (unpaired) electrons. The lowest BCUT2D eigenvalue weighted by Gasteiger charge is -2.07. The summed E-state index contributed by atoms with van der Waals surface area (Å²) in [6, 6.07) is 5.29. The second kappa shape index (κ2) is 9.24. The molecule has 0 atom stereocenters. The molecule has 0 amide bonds. The standard InChI is InChI=1S/C17H20Cl2N6O3/c1-20-15-13-14(25(24-15)4-6-28-7-5-26)16(27)23-17(22-13)21-9-10-2-3-11(18)12(19)8-10/h2-3,8,26H,4-7,9H2,1H3,(H,20,24)(H2,21,22,23,27). The molecule has 0 aliphatic heterocycles. The van der Waals surface area contributed by atoms with Gasteiger partial charge >= 0.3 is 0 Å². The third-order valence-corrected chi connectivity index (χ3v) is 4.70. The molecule has 0 aliphatic rings. The first-order valence-corrected chi connectivity index (χ1v) is 9.34. The van der Waals surface area contributed by atoms with Gasteiger partial charge in [-0.25, -0.2) is 4.98 Å². The van der Waals surface area contributed by atoms with Crippen LogP contribution in [0.1, 0.15) is 5.56 Å². The van der Waals surface area contributed by atoms with Gasteiger partial charge in [0.05, 0.1) is 36.4 Å². The summed E-state index contributed by atoms with van der Waals surface area (Å²) in [5, 5.41) is 20.1. The summed E-state index contributed by atoms with van der Waals surface area (Å²) < 4.78 is 6.79. The summed E-state index contributed by atoms with van der Waals surface area (Å²) in [6.07, 6.45) is 0. The minimum Gasteiger partial charge on any atom is -0.394 e. The van der Waals surface area contributed by atoms with Gasteiger partial charge in [0.2, 0.25) is 5.95 Å². The van der Waals surface area contributed by atoms with E-state index < -0.39 is 0 Å². The van der Waals surface area contributed by atoms with Gasteiger partial charge in [-0.3, -0.25) is 14.5 Å². The highest BCUT2D eigenvalue weighted by Gasteiger charge is 2.16. The Labute approximate surface area is 170 Å². The van der Waals surface area contributed by atoms with Gasteiger partial charge in [0.1, 0.15) is 5.52 Å². The van der Waals surface area contributed by atoms with Gasteiger partial charge in [-0.1, -0.05) is 29.3 Å². The van der Waals surface area contributed by atoms with Crippen molar-refractivity contribution in [1.29, 1.82) is 0 Å². The van der Waals surface area contributed by atoms with Crippen molar-refractivity contribution in [1.82, 2.24) is 19.7 Å². The first-order chi connectivity index (χ1) is 13.5. The number of aromatic nitrogens is 4. The average molecular weight is 427 g/mol. The largest absolute Gasteiger partial charge is 0.394 e. The number of fused-ring (bicyclic) bond motifs is 1. The normalized spacial score (nSPS) is 11.1. The van der Waals surface area contributed by atoms with Crippen LogP contribution in [0.2, 0.25) is 10.0 Å². The topological polar surface area (TPSA) is 117 Å². The highest BCUT2D eigenvalue weighted by Crippen LogP contribution is 2.23. The maximum atomic E-state index is 12.6. The lowest BCUT2D eigenvalue weighted by atomic mass is 10.2. The van der Waals surface area contributed by atoms with E-state index in [0.29, 0.717) is 52.5 Å². The average Bonchev–Trinajstić information content (AvgIpc) is 3.04. The number of hydrogen-bond acceptors (Lipinski definition) is 7. The van der Waals surface area contributed by atoms with Crippen LogP contribution >= 0.6 is 23.2 Å². The molecule has 2 heterocycles. The lowest BCUT2D eigenvalue weighted by molar-refractivity contribution is 0.0860. The molecule has 0 saturated carbocycles. The number of ether oxygens (including phenoxy) is 1. The summed E-state index contributed by atoms with van der Waals surface area (Å²) >= 11 is 11.9. The summed E-state index contributed by atoms with van der Waals surface area (Å²) in [6.45, 7) is 1.26. The van der Waals surface area contributed by atoms with E-state index in [4.69, 9.17) is 33.0 Å². The predicted octanol–water partition coefficient (Wildman–Crippen LogP) is 2.09. The number of halogens is 2. The molecule has 4 N–H and O–H groups in total. The van der Waals surface area contributed by atoms with E-state index >= 15 is 0 Å². The summed E-state index contributed by atoms with van der Waals surface area (Å²) in [4.78, 5) is 19.8. The highest BCUT2D eigenvalue weighted by molar-refractivity contribution is 6.42. The number of aromatic amines is 1. The van der Waals surface area contributed by atoms with E-state index in [1.807, 2.05) is 6.07 Å². The molecule has 11 heteroatoms. The monoisotopic (exact) mass is 426 g/mol. The van der Waals surface area contributed by atoms with E-state index in [2.05, 4.69) is 25.7 Å². The molecule has 0 saturated heterocycles. The Bertz CT molecular complexity index is 1020. The van der Waals surface area contributed by atoms with Crippen LogP contribution in [0.5, 0.6) is 0 Å². The van der Waals surface area contributed by atoms with Crippen LogP contribution in [0, 0.1) is 0 Å². The maximum Gasteiger partial charge on any atom is 0.278 e. The van der Waals surface area contributed by atoms with E-state index in [1.54, 1.807) is 19.2 Å². The zero-order chi connectivity index (χ0) is 20.1. The molecule has 0 unspecified atom stereocenters. The number of hydrogen-bond donors (Lipinski definition) is 4. The quantitative estimate of drug-likeness (QED) is 0.387. The van der Waals surface area contributed by atoms with Crippen molar-refractivity contribution in [3.63, 3.8) is 0 Å². The van der Waals surface area contributed by atoms with Crippen molar-refractivity contribution in [3.8, 4) is 0 Å². The van der Waals surface area contributed by atoms with Gasteiger partial charge < -0.3 is 20.5 Å². The van der Waals surface area contributed by atoms with Gasteiger partial charge in [-0.15, -0.1) is 0 Å². The summed E-state index contributed by atoms with van der Waals surface area (Å²) in [5.74, 6) is 0.803. The van der Waals surface area contributed by atoms with Gasteiger partial charge in [-0.05, 0) is 17.7 Å². The number of benzene rings is 1. The van der Waals surface area contributed by atoms with Crippen molar-refractivity contribution in [2.24, 2.45) is 0 Å². The van der Waals surface area contributed by atoms with Gasteiger partial charge in [0.25, 0.3) is 5.56 Å². The molecular weight excluding hydrogens is 407 g/mol. The minimum atomic E-state index is -0.321. The number of rotatable bonds is 9. The first kappa shape index (κ1) is 20.4. The Morgan fingerprint density at radius 2 is 2.11 bits per heavy atom. The van der Waals surface area contributed by atoms with Crippen LogP contribution in [0.4, 0.5) is 11.8 Å². The molecule has 28 heavy (non-hydrogen) atoms. The number of aliphatic hydroxyl groups excluding tert-OH is 1. The fourth-order valence-electron chi connectivity index (χ4n) is 2.66. The fourth-order valence-corrected chi connectivity index (χ4v) is 2.98. The van der Waals surface area contributed by atoms with Crippen LogP contribution in [-0.4, -0.2) is 51.7 Å². The molecule has 0 aliphatic carbocycles. The highest BCUT2D eigenvalue weighted by atomic mass is 35.5. The third kappa shape index (κ3) is 4.56. The van der Waals surface area contributed by atoms with Gasteiger partial charge in [-0.2, -0.15) is 5.10 Å². The number of anilines is 2. The molecule has 3 rings (SSSR count). The number of nitrogens with one attached hydrogen (secondary N) is 3. The van der Waals surface area contributed by atoms with Gasteiger partial charge in [0, 0.05) is 13.6 Å². The number of nitrogens with zero attached hydrogens (tertiary/aromatic N) is 3. The van der Waals surface area contributed by atoms with Crippen LogP contribution in [0.25, 0.3) is 11.0 Å². The molecule has 150 valence electrons. The molecule has 2 aromatic heterocycles. The van der Waals surface area contributed by atoms with Crippen molar-refractivity contribution in [2.75, 3.05) is 37.5 Å². The van der Waals surface area contributed by atoms with E-state index in [-0.39, 0.29) is 18.8 Å². The molecule has 0 bridgehead atoms. The van der Waals surface area contributed by atoms with Crippen molar-refractivity contribution in [3.05, 3.63) is 44.2 Å². The van der Waals surface area contributed by atoms with Crippen LogP contribution in [0.15, 0.2) is 23.0 Å². The van der Waals surface area contributed by atoms with Crippen molar-refractivity contribution in [2.45, 2.75) is 13.1 Å².